The molecule has 0 spiro atoms. The van der Waals surface area contributed by atoms with E-state index in [1.54, 1.807) is 0 Å². The van der Waals surface area contributed by atoms with Crippen LogP contribution in [0.5, 0.6) is 0 Å². The van der Waals surface area contributed by atoms with Crippen LogP contribution in [0.15, 0.2) is 0 Å². The number of hydrogen-bond donors (Lipinski definition) is 2. The summed E-state index contributed by atoms with van der Waals surface area (Å²) in [5.74, 6) is -1.31. The molecular weight excluding hydrogens is 316 g/mol. The Morgan fingerprint density at radius 2 is 1.21 bits per heavy atom. The predicted molar refractivity (Wildman–Crippen MR) is 74.8 cm³/mol. The van der Waals surface area contributed by atoms with Crippen LogP contribution in [-0.2, 0) is 14.4 Å². The lowest BCUT2D eigenvalue weighted by Gasteiger charge is -2.22. The Hall–Kier alpha value is -0.720. The highest BCUT2D eigenvalue weighted by molar-refractivity contribution is 6.27. The van der Waals surface area contributed by atoms with Crippen LogP contribution in [0.1, 0.15) is 0 Å². The highest BCUT2D eigenvalue weighted by atomic mass is 35.5. The molecule has 0 unspecified atom stereocenters. The van der Waals surface area contributed by atoms with Crippen molar-refractivity contribution in [2.24, 2.45) is 0 Å². The quantitative estimate of drug-likeness (QED) is 0.572. The molecular formula is C10H16Cl3N3O3. The minimum Gasteiger partial charge on any atom is -0.353 e. The number of carbonyl (C=O) groups excluding carboxylic acids is 3. The molecule has 0 aromatic rings. The fourth-order valence-electron chi connectivity index (χ4n) is 1.20. The van der Waals surface area contributed by atoms with Crippen LogP contribution in [0.2, 0.25) is 0 Å². The van der Waals surface area contributed by atoms with Crippen LogP contribution in [0.3, 0.4) is 0 Å². The van der Waals surface area contributed by atoms with Gasteiger partial charge in [-0.2, -0.15) is 0 Å². The number of nitrogens with zero attached hydrogens (tertiary/aromatic N) is 1. The number of halogens is 3. The average molecular weight is 333 g/mol. The SMILES string of the molecule is O=C(CCl)NCCN(CCNC(=O)CCl)C(=O)CCl. The first kappa shape index (κ1) is 18.3. The van der Waals surface area contributed by atoms with E-state index in [4.69, 9.17) is 34.8 Å². The zero-order valence-corrected chi connectivity index (χ0v) is 12.5. The smallest absolute Gasteiger partial charge is 0.237 e. The van der Waals surface area contributed by atoms with E-state index in [9.17, 15) is 14.4 Å². The molecule has 0 radical (unpaired) electrons. The lowest BCUT2D eigenvalue weighted by atomic mass is 10.4. The minimum absolute atomic E-state index is 0.130. The molecule has 0 aromatic carbocycles. The predicted octanol–water partition coefficient (Wildman–Crippen LogP) is -0.236. The van der Waals surface area contributed by atoms with Crippen molar-refractivity contribution >= 4 is 52.5 Å². The Balaban J connectivity index is 4.06. The molecule has 0 atom stereocenters. The molecule has 0 aromatic heterocycles. The second-order valence-electron chi connectivity index (χ2n) is 3.48. The summed E-state index contributed by atoms with van der Waals surface area (Å²) >= 11 is 16.1. The molecule has 0 bridgehead atoms. The molecule has 19 heavy (non-hydrogen) atoms. The highest BCUT2D eigenvalue weighted by Crippen LogP contribution is 1.92. The van der Waals surface area contributed by atoms with Gasteiger partial charge in [-0.05, 0) is 0 Å². The van der Waals surface area contributed by atoms with Gasteiger partial charge in [-0.3, -0.25) is 14.4 Å². The van der Waals surface area contributed by atoms with E-state index in [0.29, 0.717) is 13.1 Å². The molecule has 0 aliphatic carbocycles. The first-order valence-corrected chi connectivity index (χ1v) is 7.14. The highest BCUT2D eigenvalue weighted by Gasteiger charge is 2.12. The maximum Gasteiger partial charge on any atom is 0.237 e. The summed E-state index contributed by atoms with van der Waals surface area (Å²) in [6, 6.07) is 0. The van der Waals surface area contributed by atoms with E-state index in [1.807, 2.05) is 0 Å². The van der Waals surface area contributed by atoms with Crippen LogP contribution in [0, 0.1) is 0 Å². The topological polar surface area (TPSA) is 78.5 Å². The standard InChI is InChI=1S/C10H16Cl3N3O3/c11-5-8(17)14-1-3-16(10(19)7-13)4-2-15-9(18)6-12/h1-7H2,(H,14,17)(H,15,18). The summed E-state index contributed by atoms with van der Waals surface area (Å²) in [6.07, 6.45) is 0. The van der Waals surface area contributed by atoms with Crippen LogP contribution < -0.4 is 10.6 Å². The van der Waals surface area contributed by atoms with Gasteiger partial charge < -0.3 is 15.5 Å². The molecule has 0 saturated carbocycles. The number of rotatable bonds is 9. The number of amides is 3. The third-order valence-corrected chi connectivity index (χ3v) is 2.83. The van der Waals surface area contributed by atoms with E-state index >= 15 is 0 Å². The Kier molecular flexibility index (Phi) is 10.7. The fourth-order valence-corrected chi connectivity index (χ4v) is 1.56. The van der Waals surface area contributed by atoms with Crippen molar-refractivity contribution in [2.45, 2.75) is 0 Å². The monoisotopic (exact) mass is 331 g/mol. The number of carbonyl (C=O) groups is 3. The van der Waals surface area contributed by atoms with E-state index in [2.05, 4.69) is 10.6 Å². The van der Waals surface area contributed by atoms with Gasteiger partial charge in [-0.25, -0.2) is 0 Å². The third-order valence-electron chi connectivity index (χ3n) is 2.12. The largest absolute Gasteiger partial charge is 0.353 e. The average Bonchev–Trinajstić information content (AvgIpc) is 2.44. The molecule has 0 rings (SSSR count). The van der Waals surface area contributed by atoms with Crippen molar-refractivity contribution < 1.29 is 14.4 Å². The second kappa shape index (κ2) is 11.1. The van der Waals surface area contributed by atoms with Crippen molar-refractivity contribution in [3.63, 3.8) is 0 Å². The summed E-state index contributed by atoms with van der Waals surface area (Å²) in [4.78, 5) is 34.8. The number of nitrogens with one attached hydrogen (secondary N) is 2. The van der Waals surface area contributed by atoms with Gasteiger partial charge >= 0.3 is 0 Å². The number of alkyl halides is 3. The maximum atomic E-state index is 11.5. The summed E-state index contributed by atoms with van der Waals surface area (Å²) in [5, 5.41) is 5.07. The van der Waals surface area contributed by atoms with Gasteiger partial charge in [0.05, 0.1) is 0 Å². The molecule has 3 amide bonds. The maximum absolute atomic E-state index is 11.5. The third kappa shape index (κ3) is 8.91. The molecule has 0 saturated heterocycles. The molecule has 0 fully saturated rings. The van der Waals surface area contributed by atoms with Crippen molar-refractivity contribution in [2.75, 3.05) is 43.8 Å². The zero-order chi connectivity index (χ0) is 14.7. The Bertz CT molecular complexity index is 294. The van der Waals surface area contributed by atoms with Crippen LogP contribution in [-0.4, -0.2) is 66.4 Å². The van der Waals surface area contributed by atoms with Gasteiger partial charge in [0, 0.05) is 26.2 Å². The van der Waals surface area contributed by atoms with Gasteiger partial charge in [0.25, 0.3) is 0 Å². The van der Waals surface area contributed by atoms with Gasteiger partial charge in [0.15, 0.2) is 0 Å². The van der Waals surface area contributed by atoms with Crippen molar-refractivity contribution in [1.82, 2.24) is 15.5 Å². The van der Waals surface area contributed by atoms with E-state index in [1.165, 1.54) is 4.90 Å². The Morgan fingerprint density at radius 3 is 1.53 bits per heavy atom. The normalized spacial score (nSPS) is 9.84. The molecule has 0 aliphatic heterocycles. The summed E-state index contributed by atoms with van der Waals surface area (Å²) in [5.41, 5.74) is 0. The van der Waals surface area contributed by atoms with Crippen molar-refractivity contribution in [1.29, 1.82) is 0 Å². The summed E-state index contributed by atoms with van der Waals surface area (Å²) < 4.78 is 0. The zero-order valence-electron chi connectivity index (χ0n) is 10.3. The van der Waals surface area contributed by atoms with E-state index in [0.717, 1.165) is 0 Å². The Morgan fingerprint density at radius 1 is 0.789 bits per heavy atom. The first-order chi connectivity index (χ1) is 9.04. The summed E-state index contributed by atoms with van der Waals surface area (Å²) in [7, 11) is 0. The van der Waals surface area contributed by atoms with Crippen molar-refractivity contribution in [3.05, 3.63) is 0 Å². The molecule has 2 N–H and O–H groups in total. The molecule has 9 heteroatoms. The van der Waals surface area contributed by atoms with Gasteiger partial charge in [0.1, 0.15) is 17.6 Å². The lowest BCUT2D eigenvalue weighted by Crippen LogP contribution is -2.43. The van der Waals surface area contributed by atoms with Gasteiger partial charge in [-0.1, -0.05) is 0 Å². The van der Waals surface area contributed by atoms with Gasteiger partial charge in [0.2, 0.25) is 17.7 Å². The van der Waals surface area contributed by atoms with Crippen LogP contribution >= 0.6 is 34.8 Å². The molecule has 0 heterocycles. The minimum atomic E-state index is -0.310. The van der Waals surface area contributed by atoms with E-state index < -0.39 is 0 Å². The van der Waals surface area contributed by atoms with Crippen LogP contribution in [0.25, 0.3) is 0 Å². The summed E-state index contributed by atoms with van der Waals surface area (Å²) in [6.45, 7) is 1.14. The Labute approximate surface area is 126 Å². The molecule has 0 aliphatic rings. The fraction of sp³-hybridized carbons (Fsp3) is 0.700. The second-order valence-corrected chi connectivity index (χ2v) is 4.28. The number of hydrogen-bond acceptors (Lipinski definition) is 3. The molecule has 110 valence electrons. The first-order valence-electron chi connectivity index (χ1n) is 5.54. The van der Waals surface area contributed by atoms with Crippen LogP contribution in [0.4, 0.5) is 0 Å². The van der Waals surface area contributed by atoms with Crippen molar-refractivity contribution in [3.8, 4) is 0 Å². The van der Waals surface area contributed by atoms with E-state index in [-0.39, 0.29) is 48.5 Å². The van der Waals surface area contributed by atoms with Gasteiger partial charge in [-0.15, -0.1) is 34.8 Å². The molecule has 6 nitrogen and oxygen atoms in total. The lowest BCUT2D eigenvalue weighted by molar-refractivity contribution is -0.129.